The average molecular weight is 254 g/mol. The predicted octanol–water partition coefficient (Wildman–Crippen LogP) is 3.29. The quantitative estimate of drug-likeness (QED) is 0.837. The van der Waals surface area contributed by atoms with Crippen molar-refractivity contribution in [2.24, 2.45) is 0 Å². The summed E-state index contributed by atoms with van der Waals surface area (Å²) in [6, 6.07) is 6.49. The van der Waals surface area contributed by atoms with Crippen LogP contribution in [0.3, 0.4) is 0 Å². The summed E-state index contributed by atoms with van der Waals surface area (Å²) in [6.45, 7) is 0. The van der Waals surface area contributed by atoms with E-state index in [1.165, 1.54) is 27.5 Å². The van der Waals surface area contributed by atoms with Crippen LogP contribution in [0.1, 0.15) is 18.4 Å². The minimum Gasteiger partial charge on any atom is -0.481 e. The Bertz CT molecular complexity index is 391. The summed E-state index contributed by atoms with van der Waals surface area (Å²) < 4.78 is 0. The van der Waals surface area contributed by atoms with Crippen molar-refractivity contribution in [3.63, 3.8) is 0 Å². The maximum Gasteiger partial charge on any atom is 0.304 e. The molecule has 4 heteroatoms. The zero-order chi connectivity index (χ0) is 11.4. The number of rotatable bonds is 4. The fraction of sp³-hybridized carbons (Fsp3) is 0.417. The lowest BCUT2D eigenvalue weighted by atomic mass is 10.1. The number of fused-ring (bicyclic) bond motifs is 1. The van der Waals surface area contributed by atoms with Gasteiger partial charge < -0.3 is 5.11 Å². The van der Waals surface area contributed by atoms with Crippen molar-refractivity contribution in [1.82, 2.24) is 0 Å². The summed E-state index contributed by atoms with van der Waals surface area (Å²) in [6.07, 6.45) is 2.65. The highest BCUT2D eigenvalue weighted by molar-refractivity contribution is 7.99. The van der Waals surface area contributed by atoms with Crippen LogP contribution in [0.2, 0.25) is 0 Å². The highest BCUT2D eigenvalue weighted by atomic mass is 32.2. The van der Waals surface area contributed by atoms with Gasteiger partial charge in [-0.05, 0) is 42.4 Å². The van der Waals surface area contributed by atoms with E-state index >= 15 is 0 Å². The molecule has 0 saturated heterocycles. The molecule has 1 aliphatic rings. The molecule has 0 bridgehead atoms. The second-order valence-corrected chi connectivity index (χ2v) is 6.02. The molecule has 0 amide bonds. The Morgan fingerprint density at radius 2 is 2.38 bits per heavy atom. The van der Waals surface area contributed by atoms with Crippen LogP contribution >= 0.6 is 23.5 Å². The van der Waals surface area contributed by atoms with Gasteiger partial charge in [-0.2, -0.15) is 0 Å². The molecule has 0 unspecified atom stereocenters. The van der Waals surface area contributed by atoms with Crippen LogP contribution in [-0.2, 0) is 11.2 Å². The van der Waals surface area contributed by atoms with E-state index in [2.05, 4.69) is 18.2 Å². The molecule has 0 atom stereocenters. The first-order valence-corrected chi connectivity index (χ1v) is 7.33. The van der Waals surface area contributed by atoms with Gasteiger partial charge in [-0.15, -0.1) is 23.5 Å². The third-order valence-electron chi connectivity index (χ3n) is 2.46. The van der Waals surface area contributed by atoms with E-state index < -0.39 is 5.97 Å². The van der Waals surface area contributed by atoms with Crippen molar-refractivity contribution in [3.05, 3.63) is 23.8 Å². The van der Waals surface area contributed by atoms with E-state index in [0.29, 0.717) is 5.75 Å². The lowest BCUT2D eigenvalue weighted by Crippen LogP contribution is -1.99. The molecule has 16 heavy (non-hydrogen) atoms. The number of carboxylic acids is 1. The summed E-state index contributed by atoms with van der Waals surface area (Å²) in [5.74, 6) is 1.15. The van der Waals surface area contributed by atoms with Crippen LogP contribution in [-0.4, -0.2) is 22.6 Å². The van der Waals surface area contributed by atoms with Gasteiger partial charge in [0.15, 0.2) is 0 Å². The van der Waals surface area contributed by atoms with E-state index in [-0.39, 0.29) is 6.42 Å². The summed E-state index contributed by atoms with van der Waals surface area (Å²) in [4.78, 5) is 13.0. The molecule has 0 aromatic heterocycles. The first kappa shape index (κ1) is 11.9. The Morgan fingerprint density at radius 1 is 1.50 bits per heavy atom. The van der Waals surface area contributed by atoms with Crippen molar-refractivity contribution in [3.8, 4) is 0 Å². The molecule has 2 nitrogen and oxygen atoms in total. The fourth-order valence-electron chi connectivity index (χ4n) is 1.68. The SMILES string of the molecule is O=C(O)CCSc1ccc2c(c1)CCCS2. The van der Waals surface area contributed by atoms with Crippen molar-refractivity contribution in [2.45, 2.75) is 29.1 Å². The van der Waals surface area contributed by atoms with Gasteiger partial charge in [-0.3, -0.25) is 4.79 Å². The number of carboxylic acid groups (broad SMARTS) is 1. The normalized spacial score (nSPS) is 14.5. The number of carbonyl (C=O) groups is 1. The predicted molar refractivity (Wildman–Crippen MR) is 68.5 cm³/mol. The Balaban J connectivity index is 1.97. The molecular formula is C12H14O2S2. The molecule has 0 saturated carbocycles. The average Bonchev–Trinajstić information content (AvgIpc) is 2.28. The first-order valence-electron chi connectivity index (χ1n) is 5.36. The number of hydrogen-bond donors (Lipinski definition) is 1. The van der Waals surface area contributed by atoms with Crippen molar-refractivity contribution in [1.29, 1.82) is 0 Å². The van der Waals surface area contributed by atoms with Gasteiger partial charge in [-0.25, -0.2) is 0 Å². The standard InChI is InChI=1S/C12H14O2S2/c13-12(14)5-7-15-10-3-4-11-9(8-10)2-1-6-16-11/h3-4,8H,1-2,5-7H2,(H,13,14). The zero-order valence-corrected chi connectivity index (χ0v) is 10.6. The van der Waals surface area contributed by atoms with Crippen molar-refractivity contribution >= 4 is 29.5 Å². The van der Waals surface area contributed by atoms with Gasteiger partial charge in [-0.1, -0.05) is 0 Å². The Labute approximate surface area is 104 Å². The van der Waals surface area contributed by atoms with Gasteiger partial charge in [0.2, 0.25) is 0 Å². The molecule has 1 N–H and O–H groups in total. The number of benzene rings is 1. The molecule has 0 fully saturated rings. The maximum absolute atomic E-state index is 10.4. The third-order valence-corrected chi connectivity index (χ3v) is 4.66. The van der Waals surface area contributed by atoms with Crippen LogP contribution in [0.25, 0.3) is 0 Å². The molecule has 1 aliphatic heterocycles. The van der Waals surface area contributed by atoms with Crippen molar-refractivity contribution in [2.75, 3.05) is 11.5 Å². The molecule has 2 rings (SSSR count). The van der Waals surface area contributed by atoms with Crippen molar-refractivity contribution < 1.29 is 9.90 Å². The van der Waals surface area contributed by atoms with Gasteiger partial charge in [0.05, 0.1) is 6.42 Å². The third kappa shape index (κ3) is 3.19. The van der Waals surface area contributed by atoms with E-state index in [0.717, 1.165) is 6.42 Å². The largest absolute Gasteiger partial charge is 0.481 e. The first-order chi connectivity index (χ1) is 7.75. The summed E-state index contributed by atoms with van der Waals surface area (Å²) >= 11 is 3.55. The number of thioether (sulfide) groups is 2. The van der Waals surface area contributed by atoms with E-state index in [9.17, 15) is 4.79 Å². The van der Waals surface area contributed by atoms with Crippen LogP contribution in [0.15, 0.2) is 28.0 Å². The smallest absolute Gasteiger partial charge is 0.304 e. The molecule has 1 aromatic carbocycles. The monoisotopic (exact) mass is 254 g/mol. The molecule has 86 valence electrons. The molecule has 1 aromatic rings. The van der Waals surface area contributed by atoms with Crippen LogP contribution in [0.4, 0.5) is 0 Å². The van der Waals surface area contributed by atoms with Gasteiger partial charge >= 0.3 is 5.97 Å². The van der Waals surface area contributed by atoms with Gasteiger partial charge in [0, 0.05) is 15.5 Å². The maximum atomic E-state index is 10.4. The lowest BCUT2D eigenvalue weighted by Gasteiger charge is -2.15. The van der Waals surface area contributed by atoms with E-state index in [4.69, 9.17) is 5.11 Å². The number of hydrogen-bond acceptors (Lipinski definition) is 3. The molecule has 1 heterocycles. The Hall–Kier alpha value is -0.610. The van der Waals surface area contributed by atoms with Crippen LogP contribution in [0.5, 0.6) is 0 Å². The molecular weight excluding hydrogens is 240 g/mol. The highest BCUT2D eigenvalue weighted by Crippen LogP contribution is 2.32. The molecule has 0 spiro atoms. The highest BCUT2D eigenvalue weighted by Gasteiger charge is 2.10. The second-order valence-electron chi connectivity index (χ2n) is 3.71. The van der Waals surface area contributed by atoms with E-state index in [1.54, 1.807) is 11.8 Å². The number of aryl methyl sites for hydroxylation is 1. The topological polar surface area (TPSA) is 37.3 Å². The zero-order valence-electron chi connectivity index (χ0n) is 8.94. The minimum atomic E-state index is -0.721. The van der Waals surface area contributed by atoms with Crippen LogP contribution in [0, 0.1) is 0 Å². The molecule has 0 radical (unpaired) electrons. The fourth-order valence-corrected chi connectivity index (χ4v) is 3.60. The van der Waals surface area contributed by atoms with E-state index in [1.807, 2.05) is 11.8 Å². The van der Waals surface area contributed by atoms with Gasteiger partial charge in [0.1, 0.15) is 0 Å². The molecule has 0 aliphatic carbocycles. The summed E-state index contributed by atoms with van der Waals surface area (Å²) in [5, 5.41) is 8.57. The lowest BCUT2D eigenvalue weighted by molar-refractivity contribution is -0.136. The Morgan fingerprint density at radius 3 is 3.19 bits per heavy atom. The Kier molecular flexibility index (Phi) is 4.18. The summed E-state index contributed by atoms with van der Waals surface area (Å²) in [5.41, 5.74) is 1.43. The summed E-state index contributed by atoms with van der Waals surface area (Å²) in [7, 11) is 0. The minimum absolute atomic E-state index is 0.233. The van der Waals surface area contributed by atoms with Gasteiger partial charge in [0.25, 0.3) is 0 Å². The number of aliphatic carboxylic acids is 1. The second kappa shape index (κ2) is 5.64. The van der Waals surface area contributed by atoms with Crippen LogP contribution < -0.4 is 0 Å².